The molecule has 0 spiro atoms. The first-order valence-corrected chi connectivity index (χ1v) is 11.4. The lowest BCUT2D eigenvalue weighted by molar-refractivity contribution is 0.102. The van der Waals surface area contributed by atoms with Crippen LogP contribution in [0.15, 0.2) is 72.8 Å². The van der Waals surface area contributed by atoms with Crippen molar-refractivity contribution < 1.29 is 4.79 Å². The number of benzene rings is 2. The van der Waals surface area contributed by atoms with Crippen molar-refractivity contribution in [1.82, 2.24) is 20.4 Å². The number of aromatic nitrogens is 4. The molecule has 7 nitrogen and oxygen atoms in total. The summed E-state index contributed by atoms with van der Waals surface area (Å²) in [5, 5.41) is 18.9. The van der Waals surface area contributed by atoms with Crippen molar-refractivity contribution in [3.8, 4) is 22.5 Å². The van der Waals surface area contributed by atoms with Crippen molar-refractivity contribution in [3.05, 3.63) is 78.5 Å². The molecule has 1 aliphatic heterocycles. The van der Waals surface area contributed by atoms with E-state index in [-0.39, 0.29) is 5.91 Å². The third-order valence-corrected chi connectivity index (χ3v) is 5.89. The zero-order valence-corrected chi connectivity index (χ0v) is 18.4. The summed E-state index contributed by atoms with van der Waals surface area (Å²) in [5.41, 5.74) is 4.45. The van der Waals surface area contributed by atoms with Gasteiger partial charge in [0.05, 0.1) is 11.4 Å². The highest BCUT2D eigenvalue weighted by molar-refractivity contribution is 6.03. The van der Waals surface area contributed by atoms with Gasteiger partial charge < -0.3 is 10.2 Å². The van der Waals surface area contributed by atoms with E-state index in [1.54, 1.807) is 6.07 Å². The van der Waals surface area contributed by atoms with Crippen LogP contribution in [0.4, 0.5) is 11.5 Å². The normalized spacial score (nSPS) is 14.0. The monoisotopic (exact) mass is 438 g/mol. The smallest absolute Gasteiger partial charge is 0.273 e. The number of anilines is 2. The standard InChI is InChI=1S/C26H26N6O/c33-26(24-18-23(29-30-24)19-9-4-3-5-10-19)27-21-12-8-11-20(17-21)22-13-14-25(31-28-22)32-15-6-1-2-7-16-32/h3-5,8-14,17-18H,1-2,6-7,15-16H2,(H,27,33)(H,29,30). The predicted molar refractivity (Wildman–Crippen MR) is 130 cm³/mol. The van der Waals surface area contributed by atoms with Gasteiger partial charge in [0.1, 0.15) is 5.69 Å². The summed E-state index contributed by atoms with van der Waals surface area (Å²) < 4.78 is 0. The summed E-state index contributed by atoms with van der Waals surface area (Å²) in [6, 6.07) is 23.2. The van der Waals surface area contributed by atoms with E-state index in [2.05, 4.69) is 30.6 Å². The molecule has 5 rings (SSSR count). The molecule has 0 unspecified atom stereocenters. The van der Waals surface area contributed by atoms with Gasteiger partial charge in [-0.25, -0.2) is 0 Å². The number of nitrogens with zero attached hydrogens (tertiary/aromatic N) is 4. The molecule has 1 fully saturated rings. The van der Waals surface area contributed by atoms with Gasteiger partial charge in [0.2, 0.25) is 0 Å². The molecule has 7 heteroatoms. The van der Waals surface area contributed by atoms with Gasteiger partial charge in [-0.05, 0) is 43.2 Å². The molecule has 166 valence electrons. The van der Waals surface area contributed by atoms with Crippen molar-refractivity contribution in [2.45, 2.75) is 25.7 Å². The SMILES string of the molecule is O=C(Nc1cccc(-c2ccc(N3CCCCCC3)nn2)c1)c1cc(-c2ccccc2)n[nH]1. The predicted octanol–water partition coefficient (Wildman–Crippen LogP) is 5.17. The van der Waals surface area contributed by atoms with Crippen LogP contribution in [0.25, 0.3) is 22.5 Å². The van der Waals surface area contributed by atoms with Crippen LogP contribution in [-0.4, -0.2) is 39.4 Å². The molecule has 2 N–H and O–H groups in total. The van der Waals surface area contributed by atoms with Crippen LogP contribution in [0, 0.1) is 0 Å². The van der Waals surface area contributed by atoms with Gasteiger partial charge in [0.25, 0.3) is 5.91 Å². The summed E-state index contributed by atoms with van der Waals surface area (Å²) in [7, 11) is 0. The summed E-state index contributed by atoms with van der Waals surface area (Å²) in [4.78, 5) is 15.1. The molecule has 4 aromatic rings. The van der Waals surface area contributed by atoms with Crippen molar-refractivity contribution in [2.75, 3.05) is 23.3 Å². The fourth-order valence-corrected chi connectivity index (χ4v) is 4.10. The quantitative estimate of drug-likeness (QED) is 0.449. The van der Waals surface area contributed by atoms with Gasteiger partial charge in [-0.1, -0.05) is 55.3 Å². The van der Waals surface area contributed by atoms with Crippen LogP contribution in [-0.2, 0) is 0 Å². The maximum absolute atomic E-state index is 12.7. The number of carbonyl (C=O) groups is 1. The molecular formula is C26H26N6O. The highest BCUT2D eigenvalue weighted by Crippen LogP contribution is 2.24. The number of amides is 1. The van der Waals surface area contributed by atoms with Crippen LogP contribution < -0.4 is 10.2 Å². The molecule has 0 bridgehead atoms. The van der Waals surface area contributed by atoms with Crippen LogP contribution in [0.1, 0.15) is 36.2 Å². The molecule has 33 heavy (non-hydrogen) atoms. The fourth-order valence-electron chi connectivity index (χ4n) is 4.10. The second kappa shape index (κ2) is 9.65. The third kappa shape index (κ3) is 4.92. The summed E-state index contributed by atoms with van der Waals surface area (Å²) in [6.07, 6.45) is 4.97. The molecule has 0 radical (unpaired) electrons. The number of nitrogens with one attached hydrogen (secondary N) is 2. The van der Waals surface area contributed by atoms with Gasteiger partial charge in [-0.2, -0.15) is 5.10 Å². The first-order chi connectivity index (χ1) is 16.3. The molecule has 0 aliphatic carbocycles. The topological polar surface area (TPSA) is 86.8 Å². The average molecular weight is 439 g/mol. The largest absolute Gasteiger partial charge is 0.355 e. The number of aromatic amines is 1. The van der Waals surface area contributed by atoms with Crippen LogP contribution in [0.2, 0.25) is 0 Å². The Labute approximate surface area is 192 Å². The van der Waals surface area contributed by atoms with Gasteiger partial charge >= 0.3 is 0 Å². The molecule has 0 atom stereocenters. The molecule has 2 aromatic heterocycles. The number of hydrogen-bond donors (Lipinski definition) is 2. The Morgan fingerprint density at radius 2 is 1.58 bits per heavy atom. The Kier molecular flexibility index (Phi) is 6.10. The van der Waals surface area contributed by atoms with Crippen LogP contribution in [0.5, 0.6) is 0 Å². The van der Waals surface area contributed by atoms with E-state index >= 15 is 0 Å². The lowest BCUT2D eigenvalue weighted by atomic mass is 10.1. The number of rotatable bonds is 5. The van der Waals surface area contributed by atoms with E-state index in [0.29, 0.717) is 11.4 Å². The fraction of sp³-hybridized carbons (Fsp3) is 0.231. The van der Waals surface area contributed by atoms with Crippen molar-refractivity contribution in [3.63, 3.8) is 0 Å². The maximum Gasteiger partial charge on any atom is 0.273 e. The minimum atomic E-state index is -0.246. The Morgan fingerprint density at radius 3 is 2.33 bits per heavy atom. The van der Waals surface area contributed by atoms with E-state index in [1.807, 2.05) is 66.7 Å². The zero-order chi connectivity index (χ0) is 22.5. The van der Waals surface area contributed by atoms with E-state index in [9.17, 15) is 4.79 Å². The Hall–Kier alpha value is -4.00. The third-order valence-electron chi connectivity index (χ3n) is 5.89. The second-order valence-corrected chi connectivity index (χ2v) is 8.25. The van der Waals surface area contributed by atoms with Crippen LogP contribution in [0.3, 0.4) is 0 Å². The number of H-pyrrole nitrogens is 1. The molecule has 3 heterocycles. The Bertz CT molecular complexity index is 1210. The molecular weight excluding hydrogens is 412 g/mol. The van der Waals surface area contributed by atoms with Gasteiger partial charge in [0.15, 0.2) is 5.82 Å². The molecule has 2 aromatic carbocycles. The van der Waals surface area contributed by atoms with Crippen molar-refractivity contribution in [2.24, 2.45) is 0 Å². The second-order valence-electron chi connectivity index (χ2n) is 8.25. The minimum absolute atomic E-state index is 0.246. The number of carbonyl (C=O) groups excluding carboxylic acids is 1. The van der Waals surface area contributed by atoms with Gasteiger partial charge in [-0.3, -0.25) is 9.89 Å². The molecule has 1 amide bonds. The Morgan fingerprint density at radius 1 is 0.788 bits per heavy atom. The summed E-state index contributed by atoms with van der Waals surface area (Å²) in [5.74, 6) is 0.683. The number of hydrogen-bond acceptors (Lipinski definition) is 5. The summed E-state index contributed by atoms with van der Waals surface area (Å²) in [6.45, 7) is 2.07. The lowest BCUT2D eigenvalue weighted by Gasteiger charge is -2.20. The zero-order valence-electron chi connectivity index (χ0n) is 18.4. The molecule has 1 aliphatic rings. The molecule has 1 saturated heterocycles. The van der Waals surface area contributed by atoms with E-state index in [4.69, 9.17) is 0 Å². The first-order valence-electron chi connectivity index (χ1n) is 11.4. The van der Waals surface area contributed by atoms with Crippen LogP contribution >= 0.6 is 0 Å². The highest BCUT2D eigenvalue weighted by atomic mass is 16.1. The van der Waals surface area contributed by atoms with E-state index < -0.39 is 0 Å². The average Bonchev–Trinajstić information content (AvgIpc) is 3.21. The van der Waals surface area contributed by atoms with Crippen molar-refractivity contribution in [1.29, 1.82) is 0 Å². The van der Waals surface area contributed by atoms with Gasteiger partial charge in [-0.15, -0.1) is 10.2 Å². The summed E-state index contributed by atoms with van der Waals surface area (Å²) >= 11 is 0. The van der Waals surface area contributed by atoms with E-state index in [0.717, 1.165) is 41.4 Å². The van der Waals surface area contributed by atoms with Crippen molar-refractivity contribution >= 4 is 17.4 Å². The van der Waals surface area contributed by atoms with E-state index in [1.165, 1.54) is 25.7 Å². The highest BCUT2D eigenvalue weighted by Gasteiger charge is 2.14. The van der Waals surface area contributed by atoms with Gasteiger partial charge in [0, 0.05) is 29.9 Å². The lowest BCUT2D eigenvalue weighted by Crippen LogP contribution is -2.25. The Balaban J connectivity index is 1.28. The molecule has 0 saturated carbocycles. The first kappa shape index (κ1) is 20.9. The minimum Gasteiger partial charge on any atom is -0.355 e. The maximum atomic E-state index is 12.7.